The first-order valence-electron chi connectivity index (χ1n) is 5.75. The van der Waals surface area contributed by atoms with Gasteiger partial charge in [-0.1, -0.05) is 0 Å². The van der Waals surface area contributed by atoms with E-state index in [1.807, 2.05) is 20.8 Å². The maximum Gasteiger partial charge on any atom is 0.257 e. The van der Waals surface area contributed by atoms with Crippen LogP contribution in [0, 0.1) is 0 Å². The zero-order chi connectivity index (χ0) is 13.0. The topological polar surface area (TPSA) is 55.6 Å². The Bertz CT molecular complexity index is 402. The molecule has 0 aromatic heterocycles. The van der Waals surface area contributed by atoms with Crippen LogP contribution in [0.15, 0.2) is 18.2 Å². The van der Waals surface area contributed by atoms with Gasteiger partial charge in [-0.05, 0) is 39.0 Å². The van der Waals surface area contributed by atoms with E-state index in [9.17, 15) is 4.79 Å². The number of benzene rings is 1. The van der Waals surface area contributed by atoms with Crippen LogP contribution >= 0.6 is 0 Å². The second-order valence-corrected chi connectivity index (χ2v) is 4.14. The van der Waals surface area contributed by atoms with Crippen LogP contribution in [-0.2, 0) is 0 Å². The molecule has 2 N–H and O–H groups in total. The quantitative estimate of drug-likeness (QED) is 0.815. The molecule has 0 aliphatic heterocycles. The highest BCUT2D eigenvalue weighted by Crippen LogP contribution is 2.23. The first kappa shape index (κ1) is 13.4. The molecular weight excluding hydrogens is 216 g/mol. The molecule has 1 amide bonds. The Morgan fingerprint density at radius 1 is 1.47 bits per heavy atom. The van der Waals surface area contributed by atoms with Crippen LogP contribution in [-0.4, -0.2) is 30.5 Å². The van der Waals surface area contributed by atoms with Gasteiger partial charge in [-0.2, -0.15) is 0 Å². The molecule has 4 heteroatoms. The highest BCUT2D eigenvalue weighted by molar-refractivity contribution is 5.98. The van der Waals surface area contributed by atoms with Crippen molar-refractivity contribution < 1.29 is 9.53 Å². The number of amides is 1. The van der Waals surface area contributed by atoms with E-state index < -0.39 is 0 Å². The number of anilines is 1. The van der Waals surface area contributed by atoms with Crippen molar-refractivity contribution in [1.82, 2.24) is 4.90 Å². The number of hydrogen-bond acceptors (Lipinski definition) is 3. The average molecular weight is 236 g/mol. The fourth-order valence-corrected chi connectivity index (χ4v) is 1.79. The predicted octanol–water partition coefficient (Wildman–Crippen LogP) is 2.15. The number of carbonyl (C=O) groups is 1. The lowest BCUT2D eigenvalue weighted by atomic mass is 10.1. The second-order valence-electron chi connectivity index (χ2n) is 4.14. The SMILES string of the molecule is CCN(C(=O)c1cc(N)ccc1OC)C(C)C. The van der Waals surface area contributed by atoms with Gasteiger partial charge in [0.05, 0.1) is 12.7 Å². The van der Waals surface area contributed by atoms with Crippen LogP contribution in [0.2, 0.25) is 0 Å². The fourth-order valence-electron chi connectivity index (χ4n) is 1.79. The first-order chi connectivity index (χ1) is 8.01. The number of methoxy groups -OCH3 is 1. The molecule has 0 heterocycles. The molecule has 0 aliphatic carbocycles. The van der Waals surface area contributed by atoms with Crippen LogP contribution in [0.4, 0.5) is 5.69 Å². The lowest BCUT2D eigenvalue weighted by molar-refractivity contribution is 0.0713. The zero-order valence-corrected chi connectivity index (χ0v) is 10.9. The maximum atomic E-state index is 12.3. The number of nitrogens with zero attached hydrogens (tertiary/aromatic N) is 1. The predicted molar refractivity (Wildman–Crippen MR) is 69.3 cm³/mol. The zero-order valence-electron chi connectivity index (χ0n) is 10.9. The van der Waals surface area contributed by atoms with Crippen LogP contribution < -0.4 is 10.5 Å². The standard InChI is InChI=1S/C13H20N2O2/c1-5-15(9(2)3)13(16)11-8-10(14)6-7-12(11)17-4/h6-9H,5,14H2,1-4H3. The van der Waals surface area contributed by atoms with E-state index in [1.54, 1.807) is 30.2 Å². The second kappa shape index (κ2) is 5.57. The summed E-state index contributed by atoms with van der Waals surface area (Å²) in [6, 6.07) is 5.25. The Labute approximate surface area is 102 Å². The molecule has 0 fully saturated rings. The van der Waals surface area contributed by atoms with Gasteiger partial charge in [0.15, 0.2) is 0 Å². The van der Waals surface area contributed by atoms with E-state index in [-0.39, 0.29) is 11.9 Å². The van der Waals surface area contributed by atoms with Crippen LogP contribution in [0.25, 0.3) is 0 Å². The van der Waals surface area contributed by atoms with Crippen molar-refractivity contribution in [3.63, 3.8) is 0 Å². The summed E-state index contributed by atoms with van der Waals surface area (Å²) >= 11 is 0. The third kappa shape index (κ3) is 2.90. The molecular formula is C13H20N2O2. The normalized spacial score (nSPS) is 10.4. The lowest BCUT2D eigenvalue weighted by Gasteiger charge is -2.26. The highest BCUT2D eigenvalue weighted by Gasteiger charge is 2.20. The Morgan fingerprint density at radius 3 is 2.59 bits per heavy atom. The number of carbonyl (C=O) groups excluding carboxylic acids is 1. The summed E-state index contributed by atoms with van der Waals surface area (Å²) in [5.41, 5.74) is 6.79. The molecule has 0 saturated carbocycles. The van der Waals surface area contributed by atoms with E-state index >= 15 is 0 Å². The average Bonchev–Trinajstić information content (AvgIpc) is 2.29. The van der Waals surface area contributed by atoms with Gasteiger partial charge in [-0.15, -0.1) is 0 Å². The summed E-state index contributed by atoms with van der Waals surface area (Å²) in [6.45, 7) is 6.59. The summed E-state index contributed by atoms with van der Waals surface area (Å²) in [6.07, 6.45) is 0. The lowest BCUT2D eigenvalue weighted by Crippen LogP contribution is -2.36. The first-order valence-corrected chi connectivity index (χ1v) is 5.75. The molecule has 4 nitrogen and oxygen atoms in total. The number of nitrogens with two attached hydrogens (primary N) is 1. The minimum absolute atomic E-state index is 0.0494. The summed E-state index contributed by atoms with van der Waals surface area (Å²) in [7, 11) is 1.55. The molecule has 1 aromatic carbocycles. The molecule has 0 bridgehead atoms. The van der Waals surface area contributed by atoms with Gasteiger partial charge >= 0.3 is 0 Å². The summed E-state index contributed by atoms with van der Waals surface area (Å²) in [4.78, 5) is 14.1. The molecule has 17 heavy (non-hydrogen) atoms. The number of rotatable bonds is 4. The van der Waals surface area contributed by atoms with E-state index in [4.69, 9.17) is 10.5 Å². The minimum atomic E-state index is -0.0494. The van der Waals surface area contributed by atoms with Crippen molar-refractivity contribution in [2.24, 2.45) is 0 Å². The van der Waals surface area contributed by atoms with Crippen molar-refractivity contribution in [1.29, 1.82) is 0 Å². The van der Waals surface area contributed by atoms with Gasteiger partial charge in [0.2, 0.25) is 0 Å². The number of ether oxygens (including phenoxy) is 1. The van der Waals surface area contributed by atoms with Gasteiger partial charge in [0.1, 0.15) is 5.75 Å². The monoisotopic (exact) mass is 236 g/mol. The van der Waals surface area contributed by atoms with E-state index in [2.05, 4.69) is 0 Å². The third-order valence-electron chi connectivity index (χ3n) is 2.68. The summed E-state index contributed by atoms with van der Waals surface area (Å²) in [5.74, 6) is 0.509. The number of hydrogen-bond donors (Lipinski definition) is 1. The Morgan fingerprint density at radius 2 is 2.12 bits per heavy atom. The van der Waals surface area contributed by atoms with Crippen molar-refractivity contribution >= 4 is 11.6 Å². The fraction of sp³-hybridized carbons (Fsp3) is 0.462. The van der Waals surface area contributed by atoms with Gasteiger partial charge in [0.25, 0.3) is 5.91 Å². The van der Waals surface area contributed by atoms with Crippen LogP contribution in [0.3, 0.4) is 0 Å². The third-order valence-corrected chi connectivity index (χ3v) is 2.68. The molecule has 0 radical (unpaired) electrons. The van der Waals surface area contributed by atoms with Crippen molar-refractivity contribution in [3.8, 4) is 5.75 Å². The summed E-state index contributed by atoms with van der Waals surface area (Å²) < 4.78 is 5.19. The van der Waals surface area contributed by atoms with E-state index in [0.29, 0.717) is 23.5 Å². The highest BCUT2D eigenvalue weighted by atomic mass is 16.5. The molecule has 0 spiro atoms. The minimum Gasteiger partial charge on any atom is -0.496 e. The smallest absolute Gasteiger partial charge is 0.257 e. The molecule has 1 rings (SSSR count). The van der Waals surface area contributed by atoms with Gasteiger partial charge < -0.3 is 15.4 Å². The molecule has 0 unspecified atom stereocenters. The van der Waals surface area contributed by atoms with Crippen molar-refractivity contribution in [3.05, 3.63) is 23.8 Å². The maximum absolute atomic E-state index is 12.3. The van der Waals surface area contributed by atoms with Crippen LogP contribution in [0.1, 0.15) is 31.1 Å². The van der Waals surface area contributed by atoms with E-state index in [0.717, 1.165) is 0 Å². The van der Waals surface area contributed by atoms with E-state index in [1.165, 1.54) is 0 Å². The Kier molecular flexibility index (Phi) is 4.37. The van der Waals surface area contributed by atoms with Gasteiger partial charge in [0, 0.05) is 18.3 Å². The Hall–Kier alpha value is -1.71. The molecule has 94 valence electrons. The molecule has 0 aliphatic rings. The van der Waals surface area contributed by atoms with Gasteiger partial charge in [-0.3, -0.25) is 4.79 Å². The molecule has 0 saturated heterocycles. The molecule has 0 atom stereocenters. The summed E-state index contributed by atoms with van der Waals surface area (Å²) in [5, 5.41) is 0. The molecule has 1 aromatic rings. The van der Waals surface area contributed by atoms with Crippen molar-refractivity contribution in [2.75, 3.05) is 19.4 Å². The van der Waals surface area contributed by atoms with Crippen molar-refractivity contribution in [2.45, 2.75) is 26.8 Å². The number of nitrogen functional groups attached to an aromatic ring is 1. The largest absolute Gasteiger partial charge is 0.496 e. The van der Waals surface area contributed by atoms with Crippen LogP contribution in [0.5, 0.6) is 5.75 Å². The van der Waals surface area contributed by atoms with Gasteiger partial charge in [-0.25, -0.2) is 0 Å². The Balaban J connectivity index is 3.13.